The Morgan fingerprint density at radius 1 is 1.00 bits per heavy atom. The van der Waals surface area contributed by atoms with Crippen LogP contribution in [0, 0.1) is 0 Å². The molecule has 3 aromatic rings. The zero-order chi connectivity index (χ0) is 14.2. The summed E-state index contributed by atoms with van der Waals surface area (Å²) in [4.78, 5) is 17.2. The van der Waals surface area contributed by atoms with Crippen LogP contribution >= 0.6 is 0 Å². The van der Waals surface area contributed by atoms with Crippen molar-refractivity contribution in [1.29, 1.82) is 0 Å². The Hall–Kier alpha value is -2.68. The van der Waals surface area contributed by atoms with E-state index in [0.717, 1.165) is 28.9 Å². The summed E-state index contributed by atoms with van der Waals surface area (Å²) in [5.74, 6) is 0.808. The standard InChI is InChI=1S/C18H14N2O/c21-18-15-8-4-5-9-16(15)19-17-14(10-11-20(17)18)12-13-6-2-1-3-7-13/h1-9,12H,10-11H2/b14-12+. The van der Waals surface area contributed by atoms with E-state index in [1.54, 1.807) is 4.57 Å². The molecular formula is C18H14N2O. The molecule has 0 radical (unpaired) electrons. The summed E-state index contributed by atoms with van der Waals surface area (Å²) < 4.78 is 1.79. The molecule has 0 saturated carbocycles. The van der Waals surface area contributed by atoms with Crippen molar-refractivity contribution in [1.82, 2.24) is 9.55 Å². The smallest absolute Gasteiger partial charge is 0.261 e. The van der Waals surface area contributed by atoms with Crippen LogP contribution in [0.2, 0.25) is 0 Å². The molecule has 0 N–H and O–H groups in total. The van der Waals surface area contributed by atoms with Crippen molar-refractivity contribution >= 4 is 22.6 Å². The van der Waals surface area contributed by atoms with E-state index in [4.69, 9.17) is 0 Å². The number of fused-ring (bicyclic) bond motifs is 2. The first-order valence-corrected chi connectivity index (χ1v) is 7.08. The van der Waals surface area contributed by atoms with Crippen molar-refractivity contribution in [3.8, 4) is 0 Å². The molecule has 1 aromatic heterocycles. The topological polar surface area (TPSA) is 34.9 Å². The lowest BCUT2D eigenvalue weighted by Gasteiger charge is -2.05. The second-order valence-electron chi connectivity index (χ2n) is 5.24. The van der Waals surface area contributed by atoms with Crippen LogP contribution < -0.4 is 5.56 Å². The molecule has 3 nitrogen and oxygen atoms in total. The highest BCUT2D eigenvalue weighted by Crippen LogP contribution is 2.27. The molecule has 2 heterocycles. The van der Waals surface area contributed by atoms with E-state index in [2.05, 4.69) is 23.2 Å². The summed E-state index contributed by atoms with van der Waals surface area (Å²) in [5, 5.41) is 0.696. The third kappa shape index (κ3) is 1.98. The van der Waals surface area contributed by atoms with E-state index in [0.29, 0.717) is 11.9 Å². The summed E-state index contributed by atoms with van der Waals surface area (Å²) in [6, 6.07) is 17.7. The van der Waals surface area contributed by atoms with Crippen LogP contribution in [0.1, 0.15) is 17.8 Å². The molecule has 0 unspecified atom stereocenters. The van der Waals surface area contributed by atoms with Gasteiger partial charge in [-0.15, -0.1) is 0 Å². The molecule has 102 valence electrons. The molecule has 0 aliphatic carbocycles. The highest BCUT2D eigenvalue weighted by atomic mass is 16.1. The predicted molar refractivity (Wildman–Crippen MR) is 84.9 cm³/mol. The van der Waals surface area contributed by atoms with Gasteiger partial charge in [0.25, 0.3) is 5.56 Å². The summed E-state index contributed by atoms with van der Waals surface area (Å²) in [5.41, 5.74) is 3.11. The summed E-state index contributed by atoms with van der Waals surface area (Å²) >= 11 is 0. The Morgan fingerprint density at radius 3 is 2.62 bits per heavy atom. The van der Waals surface area contributed by atoms with Crippen LogP contribution in [0.5, 0.6) is 0 Å². The van der Waals surface area contributed by atoms with Crippen molar-refractivity contribution in [2.24, 2.45) is 0 Å². The van der Waals surface area contributed by atoms with Crippen LogP contribution in [0.25, 0.3) is 22.6 Å². The molecule has 0 amide bonds. The first kappa shape index (κ1) is 12.1. The highest BCUT2D eigenvalue weighted by Gasteiger charge is 2.20. The SMILES string of the molecule is O=c1c2ccccc2nc2n1CC/C2=C\c1ccccc1. The van der Waals surface area contributed by atoms with Crippen molar-refractivity contribution in [2.45, 2.75) is 13.0 Å². The van der Waals surface area contributed by atoms with Gasteiger partial charge in [-0.25, -0.2) is 4.98 Å². The van der Waals surface area contributed by atoms with Gasteiger partial charge in [-0.05, 0) is 35.8 Å². The second-order valence-corrected chi connectivity index (χ2v) is 5.24. The molecule has 0 fully saturated rings. The second kappa shape index (κ2) is 4.70. The number of rotatable bonds is 1. The number of nitrogens with zero attached hydrogens (tertiary/aromatic N) is 2. The van der Waals surface area contributed by atoms with Crippen LogP contribution in [0.15, 0.2) is 59.4 Å². The van der Waals surface area contributed by atoms with Gasteiger partial charge < -0.3 is 0 Å². The van der Waals surface area contributed by atoms with Crippen LogP contribution in [0.3, 0.4) is 0 Å². The van der Waals surface area contributed by atoms with E-state index < -0.39 is 0 Å². The average molecular weight is 274 g/mol. The van der Waals surface area contributed by atoms with Crippen molar-refractivity contribution in [2.75, 3.05) is 0 Å². The minimum Gasteiger partial charge on any atom is -0.292 e. The Kier molecular flexibility index (Phi) is 2.71. The minimum atomic E-state index is 0.0621. The fraction of sp³-hybridized carbons (Fsp3) is 0.111. The number of allylic oxidation sites excluding steroid dienone is 1. The third-order valence-electron chi connectivity index (χ3n) is 3.89. The average Bonchev–Trinajstić information content (AvgIpc) is 2.92. The quantitative estimate of drug-likeness (QED) is 0.682. The lowest BCUT2D eigenvalue weighted by atomic mass is 10.1. The molecule has 0 atom stereocenters. The fourth-order valence-corrected chi connectivity index (χ4v) is 2.85. The van der Waals surface area contributed by atoms with Crippen molar-refractivity contribution < 1.29 is 0 Å². The molecule has 1 aliphatic rings. The molecule has 0 bridgehead atoms. The minimum absolute atomic E-state index is 0.0621. The van der Waals surface area contributed by atoms with E-state index in [-0.39, 0.29) is 5.56 Å². The number of hydrogen-bond donors (Lipinski definition) is 0. The maximum Gasteiger partial charge on any atom is 0.261 e. The Bertz CT molecular complexity index is 907. The van der Waals surface area contributed by atoms with E-state index >= 15 is 0 Å². The van der Waals surface area contributed by atoms with E-state index in [9.17, 15) is 4.79 Å². The number of aromatic nitrogens is 2. The molecule has 3 heteroatoms. The van der Waals surface area contributed by atoms with Gasteiger partial charge in [-0.3, -0.25) is 9.36 Å². The Balaban J connectivity index is 1.93. The van der Waals surface area contributed by atoms with Gasteiger partial charge in [0.1, 0.15) is 5.82 Å². The van der Waals surface area contributed by atoms with Gasteiger partial charge in [-0.1, -0.05) is 42.5 Å². The third-order valence-corrected chi connectivity index (χ3v) is 3.89. The van der Waals surface area contributed by atoms with Crippen LogP contribution in [-0.4, -0.2) is 9.55 Å². The summed E-state index contributed by atoms with van der Waals surface area (Å²) in [7, 11) is 0. The molecule has 0 spiro atoms. The normalized spacial score (nSPS) is 15.5. The predicted octanol–water partition coefficient (Wildman–Crippen LogP) is 3.34. The summed E-state index contributed by atoms with van der Waals surface area (Å²) in [6.07, 6.45) is 2.98. The van der Waals surface area contributed by atoms with Gasteiger partial charge in [0.2, 0.25) is 0 Å². The van der Waals surface area contributed by atoms with Gasteiger partial charge in [0, 0.05) is 6.54 Å². The maximum absolute atomic E-state index is 12.5. The maximum atomic E-state index is 12.5. The largest absolute Gasteiger partial charge is 0.292 e. The van der Waals surface area contributed by atoms with E-state index in [1.807, 2.05) is 42.5 Å². The first-order chi connectivity index (χ1) is 10.3. The fourth-order valence-electron chi connectivity index (χ4n) is 2.85. The van der Waals surface area contributed by atoms with Crippen molar-refractivity contribution in [3.05, 3.63) is 76.3 Å². The lowest BCUT2D eigenvalue weighted by molar-refractivity contribution is 0.725. The van der Waals surface area contributed by atoms with Crippen molar-refractivity contribution in [3.63, 3.8) is 0 Å². The zero-order valence-electron chi connectivity index (χ0n) is 11.5. The monoisotopic (exact) mass is 274 g/mol. The van der Waals surface area contributed by atoms with Gasteiger partial charge in [-0.2, -0.15) is 0 Å². The van der Waals surface area contributed by atoms with E-state index in [1.165, 1.54) is 0 Å². The Morgan fingerprint density at radius 2 is 1.76 bits per heavy atom. The Labute approximate surface area is 122 Å². The van der Waals surface area contributed by atoms with Gasteiger partial charge in [0.05, 0.1) is 10.9 Å². The molecule has 0 saturated heterocycles. The molecular weight excluding hydrogens is 260 g/mol. The molecule has 4 rings (SSSR count). The van der Waals surface area contributed by atoms with Crippen LogP contribution in [-0.2, 0) is 6.54 Å². The van der Waals surface area contributed by atoms with Gasteiger partial charge in [0.15, 0.2) is 0 Å². The molecule has 1 aliphatic heterocycles. The summed E-state index contributed by atoms with van der Waals surface area (Å²) in [6.45, 7) is 0.713. The highest BCUT2D eigenvalue weighted by molar-refractivity contribution is 5.84. The number of para-hydroxylation sites is 1. The van der Waals surface area contributed by atoms with Crippen LogP contribution in [0.4, 0.5) is 0 Å². The first-order valence-electron chi connectivity index (χ1n) is 7.08. The number of hydrogen-bond acceptors (Lipinski definition) is 2. The number of benzene rings is 2. The molecule has 21 heavy (non-hydrogen) atoms. The zero-order valence-corrected chi connectivity index (χ0v) is 11.5. The lowest BCUT2D eigenvalue weighted by Crippen LogP contribution is -2.20. The van der Waals surface area contributed by atoms with Gasteiger partial charge >= 0.3 is 0 Å². The molecule has 2 aromatic carbocycles.